The van der Waals surface area contributed by atoms with Crippen LogP contribution in [0.3, 0.4) is 0 Å². The smallest absolute Gasteiger partial charge is 0.436 e. The number of aliphatic carboxylic acids is 1. The van der Waals surface area contributed by atoms with Crippen molar-refractivity contribution in [3.05, 3.63) is 65.7 Å². The fourth-order valence-electron chi connectivity index (χ4n) is 4.68. The van der Waals surface area contributed by atoms with E-state index in [0.717, 1.165) is 60.7 Å². The second-order valence-corrected chi connectivity index (χ2v) is 10.5. The number of nitrogens with zero attached hydrogens (tertiary/aromatic N) is 1. The summed E-state index contributed by atoms with van der Waals surface area (Å²) in [6, 6.07) is 18.1. The first-order valence-electron chi connectivity index (χ1n) is 11.2. The van der Waals surface area contributed by atoms with Crippen LogP contribution in [-0.4, -0.2) is 35.8 Å². The highest BCUT2D eigenvalue weighted by atomic mass is 32.2. The first-order chi connectivity index (χ1) is 15.1. The fraction of sp³-hybridized carbons (Fsp3) is 0.440. The summed E-state index contributed by atoms with van der Waals surface area (Å²) >= 11 is 0. The van der Waals surface area contributed by atoms with E-state index in [4.69, 9.17) is 0 Å². The minimum atomic E-state index is -0.933. The molecule has 1 aliphatic carbocycles. The first kappa shape index (κ1) is 21.9. The van der Waals surface area contributed by atoms with Gasteiger partial charge in [-0.3, -0.25) is 4.90 Å². The molecule has 0 radical (unpaired) electrons. The van der Waals surface area contributed by atoms with Crippen LogP contribution in [0.5, 0.6) is 0 Å². The van der Waals surface area contributed by atoms with Gasteiger partial charge in [-0.2, -0.15) is 0 Å². The monoisotopic (exact) mass is 438 g/mol. The number of rotatable bonds is 5. The van der Waals surface area contributed by atoms with Crippen molar-refractivity contribution in [2.45, 2.75) is 38.1 Å². The number of para-hydroxylation sites is 1. The molecule has 1 saturated carbocycles. The van der Waals surface area contributed by atoms with Crippen molar-refractivity contribution in [1.82, 2.24) is 5.32 Å². The maximum atomic E-state index is 13.4. The van der Waals surface area contributed by atoms with Gasteiger partial charge in [-0.1, -0.05) is 55.3 Å². The number of amides is 1. The van der Waals surface area contributed by atoms with Gasteiger partial charge in [-0.05, 0) is 42.0 Å². The molecule has 2 aromatic carbocycles. The van der Waals surface area contributed by atoms with E-state index in [1.54, 1.807) is 0 Å². The Morgan fingerprint density at radius 1 is 0.968 bits per heavy atom. The Bertz CT molecular complexity index is 881. The zero-order chi connectivity index (χ0) is 21.6. The van der Waals surface area contributed by atoms with Crippen molar-refractivity contribution < 1.29 is 14.7 Å². The quantitative estimate of drug-likeness (QED) is 0.729. The third kappa shape index (κ3) is 5.31. The highest BCUT2D eigenvalue weighted by molar-refractivity contribution is 8.11. The zero-order valence-electron chi connectivity index (χ0n) is 17.8. The predicted molar refractivity (Wildman–Crippen MR) is 124 cm³/mol. The average molecular weight is 439 g/mol. The third-order valence-electron chi connectivity index (χ3n) is 6.40. The number of nitrogens with one attached hydrogen (secondary N) is 1. The van der Waals surface area contributed by atoms with E-state index in [-0.39, 0.29) is 22.1 Å². The lowest BCUT2D eigenvalue weighted by molar-refractivity contribution is -0.313. The van der Waals surface area contributed by atoms with E-state index in [9.17, 15) is 14.7 Å². The molecular weight excluding hydrogens is 408 g/mol. The van der Waals surface area contributed by atoms with Gasteiger partial charge in [0.1, 0.15) is 11.5 Å². The molecule has 0 spiro atoms. The molecule has 6 heteroatoms. The summed E-state index contributed by atoms with van der Waals surface area (Å²) in [5.74, 6) is 0.484. The SMILES string of the molecule is O=C([O-])[C@H]1CCCC[C@@H]1c1ccc(CN(C(=O)[S+]2CCNCC2)c2ccccc2)cc1. The minimum absolute atomic E-state index is 0.0240. The van der Waals surface area contributed by atoms with Crippen LogP contribution in [-0.2, 0) is 22.2 Å². The van der Waals surface area contributed by atoms with Gasteiger partial charge in [-0.15, -0.1) is 0 Å². The van der Waals surface area contributed by atoms with E-state index in [1.165, 1.54) is 0 Å². The fourth-order valence-corrected chi connectivity index (χ4v) is 6.50. The van der Waals surface area contributed by atoms with Crippen molar-refractivity contribution in [3.8, 4) is 0 Å². The maximum absolute atomic E-state index is 13.4. The number of carboxylic acid groups (broad SMARTS) is 1. The van der Waals surface area contributed by atoms with Crippen LogP contribution >= 0.6 is 0 Å². The Balaban J connectivity index is 1.53. The second kappa shape index (κ2) is 10.3. The Kier molecular flexibility index (Phi) is 7.30. The molecule has 1 saturated heterocycles. The van der Waals surface area contributed by atoms with E-state index in [2.05, 4.69) is 5.32 Å². The van der Waals surface area contributed by atoms with E-state index in [0.29, 0.717) is 13.0 Å². The molecule has 2 aromatic rings. The summed E-state index contributed by atoms with van der Waals surface area (Å²) < 4.78 is 0. The molecule has 2 fully saturated rings. The molecule has 2 atom stereocenters. The number of hydrogen-bond acceptors (Lipinski definition) is 4. The summed E-state index contributed by atoms with van der Waals surface area (Å²) in [5, 5.41) is 15.1. The molecule has 0 aromatic heterocycles. The molecule has 31 heavy (non-hydrogen) atoms. The van der Waals surface area contributed by atoms with Crippen LogP contribution < -0.4 is 15.3 Å². The lowest BCUT2D eigenvalue weighted by Crippen LogP contribution is -2.45. The number of carboxylic acids is 1. The number of benzene rings is 2. The normalized spacial score (nSPS) is 22.1. The van der Waals surface area contributed by atoms with Gasteiger partial charge >= 0.3 is 5.24 Å². The third-order valence-corrected chi connectivity index (χ3v) is 8.51. The molecule has 1 N–H and O–H groups in total. The molecule has 2 aliphatic rings. The highest BCUT2D eigenvalue weighted by Gasteiger charge is 2.36. The van der Waals surface area contributed by atoms with Crippen molar-refractivity contribution in [2.75, 3.05) is 29.5 Å². The van der Waals surface area contributed by atoms with E-state index in [1.807, 2.05) is 59.5 Å². The average Bonchev–Trinajstić information content (AvgIpc) is 2.83. The summed E-state index contributed by atoms with van der Waals surface area (Å²) in [6.45, 7) is 2.31. The molecule has 0 bridgehead atoms. The molecule has 4 rings (SSSR count). The lowest BCUT2D eigenvalue weighted by atomic mass is 9.75. The molecule has 1 aliphatic heterocycles. The van der Waals surface area contributed by atoms with Gasteiger partial charge in [0, 0.05) is 30.7 Å². The van der Waals surface area contributed by atoms with Gasteiger partial charge in [0.05, 0.1) is 17.4 Å². The highest BCUT2D eigenvalue weighted by Crippen LogP contribution is 2.37. The number of hydrogen-bond donors (Lipinski definition) is 1. The number of carbonyl (C=O) groups is 2. The Labute approximate surface area is 187 Å². The first-order valence-corrected chi connectivity index (χ1v) is 12.7. The molecule has 5 nitrogen and oxygen atoms in total. The molecular formula is C25H30N2O3S. The van der Waals surface area contributed by atoms with Crippen molar-refractivity contribution in [2.24, 2.45) is 5.92 Å². The van der Waals surface area contributed by atoms with Crippen LogP contribution in [0.25, 0.3) is 0 Å². The van der Waals surface area contributed by atoms with E-state index >= 15 is 0 Å². The van der Waals surface area contributed by atoms with Crippen LogP contribution in [0.15, 0.2) is 54.6 Å². The summed E-state index contributed by atoms with van der Waals surface area (Å²) in [5.41, 5.74) is 3.04. The Morgan fingerprint density at radius 2 is 1.65 bits per heavy atom. The predicted octanol–water partition coefficient (Wildman–Crippen LogP) is 3.06. The van der Waals surface area contributed by atoms with Crippen LogP contribution in [0.1, 0.15) is 42.7 Å². The van der Waals surface area contributed by atoms with Crippen LogP contribution in [0.4, 0.5) is 10.5 Å². The summed E-state index contributed by atoms with van der Waals surface area (Å²) in [7, 11) is -0.260. The van der Waals surface area contributed by atoms with E-state index < -0.39 is 11.9 Å². The topological polar surface area (TPSA) is 72.5 Å². The van der Waals surface area contributed by atoms with Gasteiger partial charge < -0.3 is 15.2 Å². The summed E-state index contributed by atoms with van der Waals surface area (Å²) in [6.07, 6.45) is 3.61. The summed E-state index contributed by atoms with van der Waals surface area (Å²) in [4.78, 5) is 26.9. The van der Waals surface area contributed by atoms with Crippen molar-refractivity contribution in [1.29, 1.82) is 0 Å². The van der Waals surface area contributed by atoms with Gasteiger partial charge in [0.25, 0.3) is 0 Å². The van der Waals surface area contributed by atoms with Crippen molar-refractivity contribution in [3.63, 3.8) is 0 Å². The molecule has 1 heterocycles. The standard InChI is InChI=1S/C25H30N2O3S/c28-24(29)23-9-5-4-8-22(23)20-12-10-19(11-13-20)18-27(21-6-2-1-3-7-21)25(30)31-16-14-26-15-17-31/h1-3,6-7,10-13,22-23,26H,4-5,8-9,14-18H2/t22-,23+/m1/s1. The maximum Gasteiger partial charge on any atom is 0.436 e. The number of anilines is 1. The van der Waals surface area contributed by atoms with Gasteiger partial charge in [0.15, 0.2) is 0 Å². The van der Waals surface area contributed by atoms with Crippen molar-refractivity contribution >= 4 is 27.8 Å². The number of carbonyl (C=O) groups excluding carboxylic acids is 2. The van der Waals surface area contributed by atoms with Crippen LogP contribution in [0.2, 0.25) is 0 Å². The Morgan fingerprint density at radius 3 is 2.32 bits per heavy atom. The Hall–Kier alpha value is -2.31. The molecule has 164 valence electrons. The minimum Gasteiger partial charge on any atom is -0.550 e. The molecule has 1 amide bonds. The second-order valence-electron chi connectivity index (χ2n) is 8.40. The lowest BCUT2D eigenvalue weighted by Gasteiger charge is -2.32. The zero-order valence-corrected chi connectivity index (χ0v) is 18.6. The van der Waals surface area contributed by atoms with Gasteiger partial charge in [-0.25, -0.2) is 4.79 Å². The largest absolute Gasteiger partial charge is 0.550 e. The van der Waals surface area contributed by atoms with Gasteiger partial charge in [0.2, 0.25) is 0 Å². The molecule has 0 unspecified atom stereocenters. The van der Waals surface area contributed by atoms with Crippen LogP contribution in [0, 0.1) is 5.92 Å².